The summed E-state index contributed by atoms with van der Waals surface area (Å²) in [5, 5.41) is 3.42. The van der Waals surface area contributed by atoms with E-state index in [1.165, 1.54) is 5.56 Å². The van der Waals surface area contributed by atoms with E-state index in [4.69, 9.17) is 0 Å². The van der Waals surface area contributed by atoms with E-state index in [2.05, 4.69) is 24.4 Å². The van der Waals surface area contributed by atoms with Crippen LogP contribution in [0.2, 0.25) is 0 Å². The number of nitrogens with one attached hydrogen (secondary N) is 1. The van der Waals surface area contributed by atoms with Gasteiger partial charge in [-0.1, -0.05) is 42.5 Å². The zero-order chi connectivity index (χ0) is 14.5. The Morgan fingerprint density at radius 3 is 2.25 bits per heavy atom. The summed E-state index contributed by atoms with van der Waals surface area (Å²) >= 11 is 0. The third-order valence-electron chi connectivity index (χ3n) is 3.24. The first-order chi connectivity index (χ1) is 9.59. The molecule has 2 rings (SSSR count). The molecule has 0 aliphatic carbocycles. The number of nitrogens with zero attached hydrogens (tertiary/aromatic N) is 1. The van der Waals surface area contributed by atoms with Gasteiger partial charge >= 0.3 is 0 Å². The van der Waals surface area contributed by atoms with E-state index in [0.29, 0.717) is 5.56 Å². The molecule has 1 atom stereocenters. The molecule has 0 aromatic heterocycles. The molecule has 0 saturated carbocycles. The molecule has 104 valence electrons. The summed E-state index contributed by atoms with van der Waals surface area (Å²) in [5.41, 5.74) is 2.75. The van der Waals surface area contributed by atoms with Gasteiger partial charge in [-0.15, -0.1) is 0 Å². The number of anilines is 1. The topological polar surface area (TPSA) is 32.3 Å². The summed E-state index contributed by atoms with van der Waals surface area (Å²) in [7, 11) is 3.53. The summed E-state index contributed by atoms with van der Waals surface area (Å²) in [6, 6.07) is 17.9. The molecule has 0 spiro atoms. The smallest absolute Gasteiger partial charge is 0.255 e. The molecule has 2 aromatic rings. The molecule has 20 heavy (non-hydrogen) atoms. The van der Waals surface area contributed by atoms with Gasteiger partial charge in [-0.2, -0.15) is 0 Å². The minimum Gasteiger partial charge on any atom is -0.378 e. The van der Waals surface area contributed by atoms with Gasteiger partial charge in [0.05, 0.1) is 5.56 Å². The third kappa shape index (κ3) is 3.18. The van der Waals surface area contributed by atoms with Crippen LogP contribution in [0.5, 0.6) is 0 Å². The Bertz CT molecular complexity index is 579. The second-order valence-electron chi connectivity index (χ2n) is 5.02. The van der Waals surface area contributed by atoms with E-state index < -0.39 is 0 Å². The zero-order valence-electron chi connectivity index (χ0n) is 12.1. The van der Waals surface area contributed by atoms with Gasteiger partial charge in [-0.3, -0.25) is 4.79 Å². The molecule has 0 bridgehead atoms. The van der Waals surface area contributed by atoms with Crippen molar-refractivity contribution in [1.82, 2.24) is 4.90 Å². The summed E-state index contributed by atoms with van der Waals surface area (Å²) < 4.78 is 0. The van der Waals surface area contributed by atoms with E-state index in [0.717, 1.165) is 5.69 Å². The Morgan fingerprint density at radius 1 is 1.00 bits per heavy atom. The molecule has 3 heteroatoms. The summed E-state index contributed by atoms with van der Waals surface area (Å²) in [6.45, 7) is 2.09. The first-order valence-corrected chi connectivity index (χ1v) is 6.71. The lowest BCUT2D eigenvalue weighted by atomic mass is 10.1. The van der Waals surface area contributed by atoms with Crippen LogP contribution in [-0.2, 0) is 0 Å². The Hall–Kier alpha value is -2.29. The van der Waals surface area contributed by atoms with Gasteiger partial charge in [-0.05, 0) is 24.6 Å². The number of rotatable bonds is 4. The first kappa shape index (κ1) is 14.1. The highest BCUT2D eigenvalue weighted by Crippen LogP contribution is 2.23. The van der Waals surface area contributed by atoms with Crippen molar-refractivity contribution in [2.75, 3.05) is 19.4 Å². The maximum atomic E-state index is 12.2. The zero-order valence-corrected chi connectivity index (χ0v) is 12.1. The highest BCUT2D eigenvalue weighted by atomic mass is 16.2. The average Bonchev–Trinajstić information content (AvgIpc) is 2.48. The van der Waals surface area contributed by atoms with Crippen LogP contribution in [0.25, 0.3) is 0 Å². The normalized spacial score (nSPS) is 11.8. The fourth-order valence-electron chi connectivity index (χ4n) is 2.09. The van der Waals surface area contributed by atoms with Gasteiger partial charge in [0.25, 0.3) is 5.91 Å². The van der Waals surface area contributed by atoms with Crippen molar-refractivity contribution < 1.29 is 4.79 Å². The quantitative estimate of drug-likeness (QED) is 0.919. The molecule has 2 aromatic carbocycles. The molecule has 1 amide bonds. The molecule has 0 heterocycles. The van der Waals surface area contributed by atoms with Crippen molar-refractivity contribution >= 4 is 11.6 Å². The highest BCUT2D eigenvalue weighted by Gasteiger charge is 2.14. The number of amides is 1. The molecule has 0 radical (unpaired) electrons. The van der Waals surface area contributed by atoms with E-state index in [-0.39, 0.29) is 11.9 Å². The fourth-order valence-corrected chi connectivity index (χ4v) is 2.09. The molecular formula is C17H20N2O. The second-order valence-corrected chi connectivity index (χ2v) is 5.02. The number of benzene rings is 2. The fraction of sp³-hybridized carbons (Fsp3) is 0.235. The van der Waals surface area contributed by atoms with Crippen molar-refractivity contribution in [3.63, 3.8) is 0 Å². The molecule has 1 unspecified atom stereocenters. The Morgan fingerprint density at radius 2 is 1.60 bits per heavy atom. The minimum absolute atomic E-state index is 0.00774. The van der Waals surface area contributed by atoms with Crippen LogP contribution in [0, 0.1) is 0 Å². The molecular weight excluding hydrogens is 248 g/mol. The van der Waals surface area contributed by atoms with Crippen LogP contribution in [0.4, 0.5) is 5.69 Å². The van der Waals surface area contributed by atoms with Crippen molar-refractivity contribution in [3.05, 3.63) is 65.7 Å². The Balaban J connectivity index is 2.24. The molecule has 0 aliphatic rings. The van der Waals surface area contributed by atoms with Gasteiger partial charge in [0, 0.05) is 25.8 Å². The Kier molecular flexibility index (Phi) is 4.41. The van der Waals surface area contributed by atoms with Crippen molar-refractivity contribution in [2.24, 2.45) is 0 Å². The Labute approximate surface area is 120 Å². The van der Waals surface area contributed by atoms with Crippen molar-refractivity contribution in [3.8, 4) is 0 Å². The van der Waals surface area contributed by atoms with Crippen LogP contribution in [0.15, 0.2) is 54.6 Å². The van der Waals surface area contributed by atoms with Crippen LogP contribution in [-0.4, -0.2) is 24.9 Å². The number of hydrogen-bond acceptors (Lipinski definition) is 2. The van der Waals surface area contributed by atoms with Gasteiger partial charge < -0.3 is 10.2 Å². The molecule has 0 saturated heterocycles. The standard InChI is InChI=1S/C17H20N2O/c1-13(14-9-5-4-6-10-14)18-16-12-8-7-11-15(16)17(20)19(2)3/h4-13,18H,1-3H3. The second kappa shape index (κ2) is 6.24. The summed E-state index contributed by atoms with van der Waals surface area (Å²) in [5.74, 6) is 0.00774. The van der Waals surface area contributed by atoms with E-state index in [1.54, 1.807) is 19.0 Å². The third-order valence-corrected chi connectivity index (χ3v) is 3.24. The van der Waals surface area contributed by atoms with E-state index in [9.17, 15) is 4.79 Å². The number of carbonyl (C=O) groups excluding carboxylic acids is 1. The predicted octanol–water partition coefficient (Wildman–Crippen LogP) is 3.56. The van der Waals surface area contributed by atoms with Crippen LogP contribution < -0.4 is 5.32 Å². The SMILES string of the molecule is CC(Nc1ccccc1C(=O)N(C)C)c1ccccc1. The minimum atomic E-state index is 0.00774. The summed E-state index contributed by atoms with van der Waals surface area (Å²) in [4.78, 5) is 13.8. The van der Waals surface area contributed by atoms with Crippen LogP contribution in [0.1, 0.15) is 28.9 Å². The summed E-state index contributed by atoms with van der Waals surface area (Å²) in [6.07, 6.45) is 0. The average molecular weight is 268 g/mol. The number of hydrogen-bond donors (Lipinski definition) is 1. The van der Waals surface area contributed by atoms with E-state index >= 15 is 0 Å². The number of carbonyl (C=O) groups is 1. The van der Waals surface area contributed by atoms with E-state index in [1.807, 2.05) is 42.5 Å². The maximum absolute atomic E-state index is 12.2. The van der Waals surface area contributed by atoms with Crippen LogP contribution >= 0.6 is 0 Å². The number of para-hydroxylation sites is 1. The van der Waals surface area contributed by atoms with Gasteiger partial charge in [0.1, 0.15) is 0 Å². The largest absolute Gasteiger partial charge is 0.378 e. The van der Waals surface area contributed by atoms with Crippen molar-refractivity contribution in [1.29, 1.82) is 0 Å². The highest BCUT2D eigenvalue weighted by molar-refractivity contribution is 5.99. The molecule has 0 fully saturated rings. The van der Waals surface area contributed by atoms with Gasteiger partial charge in [0.15, 0.2) is 0 Å². The lowest BCUT2D eigenvalue weighted by Gasteiger charge is -2.19. The molecule has 1 N–H and O–H groups in total. The maximum Gasteiger partial charge on any atom is 0.255 e. The van der Waals surface area contributed by atoms with Gasteiger partial charge in [0.2, 0.25) is 0 Å². The monoisotopic (exact) mass is 268 g/mol. The van der Waals surface area contributed by atoms with Gasteiger partial charge in [-0.25, -0.2) is 0 Å². The molecule has 3 nitrogen and oxygen atoms in total. The van der Waals surface area contributed by atoms with Crippen LogP contribution in [0.3, 0.4) is 0 Å². The lowest BCUT2D eigenvalue weighted by molar-refractivity contribution is 0.0828. The molecule has 0 aliphatic heterocycles. The predicted molar refractivity (Wildman–Crippen MR) is 82.9 cm³/mol. The van der Waals surface area contributed by atoms with Crippen molar-refractivity contribution in [2.45, 2.75) is 13.0 Å². The lowest BCUT2D eigenvalue weighted by Crippen LogP contribution is -2.23. The first-order valence-electron chi connectivity index (χ1n) is 6.71.